The molecule has 0 N–H and O–H groups in total. The van der Waals surface area contributed by atoms with Crippen LogP contribution in [0.25, 0.3) is 22.3 Å². The highest BCUT2D eigenvalue weighted by Crippen LogP contribution is 2.34. The molecule has 3 aromatic carbocycles. The predicted molar refractivity (Wildman–Crippen MR) is 140 cm³/mol. The van der Waals surface area contributed by atoms with Gasteiger partial charge in [-0.25, -0.2) is 14.0 Å². The Balaban J connectivity index is 1.96. The Kier molecular flexibility index (Phi) is 9.11. The summed E-state index contributed by atoms with van der Waals surface area (Å²) in [6.45, 7) is 10.7. The molecule has 3 aromatic rings. The summed E-state index contributed by atoms with van der Waals surface area (Å²) in [5.74, 6) is -0.841. The van der Waals surface area contributed by atoms with Gasteiger partial charge < -0.3 is 18.9 Å². The quantitative estimate of drug-likeness (QED) is 0.180. The maximum absolute atomic E-state index is 15.4. The fourth-order valence-electron chi connectivity index (χ4n) is 3.59. The van der Waals surface area contributed by atoms with Crippen molar-refractivity contribution in [3.63, 3.8) is 0 Å². The number of carbonyl (C=O) groups excluding carboxylic acids is 2. The molecule has 37 heavy (non-hydrogen) atoms. The molecule has 0 bridgehead atoms. The Hall–Kier alpha value is -4.07. The first-order valence-corrected chi connectivity index (χ1v) is 11.4. The van der Waals surface area contributed by atoms with Crippen LogP contribution in [-0.2, 0) is 32.3 Å². The minimum atomic E-state index is -0.542. The molecule has 0 radical (unpaired) electrons. The monoisotopic (exact) mass is 504 g/mol. The highest BCUT2D eigenvalue weighted by atomic mass is 19.1. The average Bonchev–Trinajstić information content (AvgIpc) is 2.85. The van der Waals surface area contributed by atoms with Gasteiger partial charge in [0.2, 0.25) is 0 Å². The van der Waals surface area contributed by atoms with E-state index in [1.807, 2.05) is 0 Å². The van der Waals surface area contributed by atoms with Crippen molar-refractivity contribution in [2.75, 3.05) is 14.2 Å². The lowest BCUT2D eigenvalue weighted by Gasteiger charge is -2.14. The topological polar surface area (TPSA) is 71.1 Å². The molecular weight excluding hydrogens is 475 g/mol. The molecule has 0 amide bonds. The van der Waals surface area contributed by atoms with Gasteiger partial charge in [0.05, 0.1) is 13.2 Å². The first-order chi connectivity index (χ1) is 17.6. The molecule has 0 spiro atoms. The summed E-state index contributed by atoms with van der Waals surface area (Å²) in [4.78, 5) is 23.9. The molecule has 0 atom stereocenters. The third-order valence-electron chi connectivity index (χ3n) is 5.44. The molecule has 0 saturated heterocycles. The molecule has 192 valence electrons. The molecule has 0 saturated carbocycles. The Morgan fingerprint density at radius 3 is 1.92 bits per heavy atom. The van der Waals surface area contributed by atoms with Crippen molar-refractivity contribution in [1.29, 1.82) is 0 Å². The molecule has 0 heterocycles. The number of esters is 2. The molecule has 3 rings (SSSR count). The van der Waals surface area contributed by atoms with Crippen molar-refractivity contribution < 1.29 is 32.9 Å². The molecule has 0 aliphatic carbocycles. The molecule has 0 unspecified atom stereocenters. The van der Waals surface area contributed by atoms with Crippen LogP contribution in [0, 0.1) is 5.82 Å². The summed E-state index contributed by atoms with van der Waals surface area (Å²) in [6.07, 6.45) is 0. The van der Waals surface area contributed by atoms with Gasteiger partial charge >= 0.3 is 11.9 Å². The van der Waals surface area contributed by atoms with Crippen molar-refractivity contribution in [1.82, 2.24) is 0 Å². The van der Waals surface area contributed by atoms with Crippen LogP contribution in [0.5, 0.6) is 11.5 Å². The predicted octanol–water partition coefficient (Wildman–Crippen LogP) is 6.42. The molecule has 6 nitrogen and oxygen atoms in total. The third-order valence-corrected chi connectivity index (χ3v) is 5.44. The van der Waals surface area contributed by atoms with Crippen LogP contribution >= 0.6 is 0 Å². The van der Waals surface area contributed by atoms with E-state index in [4.69, 9.17) is 18.9 Å². The Morgan fingerprint density at radius 2 is 1.30 bits per heavy atom. The van der Waals surface area contributed by atoms with Crippen LogP contribution in [0.15, 0.2) is 78.9 Å². The van der Waals surface area contributed by atoms with Gasteiger partial charge in [0.15, 0.2) is 0 Å². The zero-order valence-corrected chi connectivity index (χ0v) is 21.4. The van der Waals surface area contributed by atoms with Crippen molar-refractivity contribution in [2.45, 2.75) is 27.1 Å². The number of ether oxygens (including phenoxy) is 4. The van der Waals surface area contributed by atoms with Crippen LogP contribution in [0.3, 0.4) is 0 Å². The zero-order chi connectivity index (χ0) is 27.1. The Bertz CT molecular complexity index is 1360. The number of carbonyl (C=O) groups is 2. The van der Waals surface area contributed by atoms with E-state index in [2.05, 4.69) is 13.2 Å². The fourth-order valence-corrected chi connectivity index (χ4v) is 3.59. The summed E-state index contributed by atoms with van der Waals surface area (Å²) in [7, 11) is 3.07. The van der Waals surface area contributed by atoms with Crippen LogP contribution in [0.1, 0.15) is 25.0 Å². The number of hydrogen-bond donors (Lipinski definition) is 0. The van der Waals surface area contributed by atoms with Gasteiger partial charge in [-0.1, -0.05) is 37.4 Å². The maximum Gasteiger partial charge on any atom is 0.338 e. The molecular formula is C30H29FO6. The summed E-state index contributed by atoms with van der Waals surface area (Å²) >= 11 is 0. The van der Waals surface area contributed by atoms with Gasteiger partial charge in [-0.3, -0.25) is 0 Å². The number of methoxy groups -OCH3 is 2. The van der Waals surface area contributed by atoms with E-state index in [-0.39, 0.29) is 24.4 Å². The number of benzene rings is 3. The maximum atomic E-state index is 15.4. The van der Waals surface area contributed by atoms with E-state index in [0.717, 1.165) is 5.56 Å². The fraction of sp³-hybridized carbons (Fsp3) is 0.200. The normalized spacial score (nSPS) is 10.6. The Labute approximate surface area is 215 Å². The van der Waals surface area contributed by atoms with E-state index in [1.165, 1.54) is 20.3 Å². The number of rotatable bonds is 10. The molecule has 0 fully saturated rings. The van der Waals surface area contributed by atoms with Gasteiger partial charge in [-0.2, -0.15) is 0 Å². The van der Waals surface area contributed by atoms with Crippen LogP contribution in [-0.4, -0.2) is 26.2 Å². The van der Waals surface area contributed by atoms with E-state index >= 15 is 4.39 Å². The molecule has 0 aliphatic heterocycles. The highest BCUT2D eigenvalue weighted by Gasteiger charge is 2.16. The summed E-state index contributed by atoms with van der Waals surface area (Å²) < 4.78 is 36.6. The largest absolute Gasteiger partial charge is 0.423 e. The summed E-state index contributed by atoms with van der Waals surface area (Å²) in [5.41, 5.74) is 4.20. The average molecular weight is 505 g/mol. The second kappa shape index (κ2) is 12.3. The van der Waals surface area contributed by atoms with Crippen molar-refractivity contribution in [3.05, 3.63) is 95.8 Å². The number of hydrogen-bond acceptors (Lipinski definition) is 6. The lowest BCUT2D eigenvalue weighted by molar-refractivity contribution is -0.131. The van der Waals surface area contributed by atoms with E-state index in [0.29, 0.717) is 39.3 Å². The van der Waals surface area contributed by atoms with Crippen LogP contribution < -0.4 is 9.47 Å². The zero-order valence-electron chi connectivity index (χ0n) is 21.4. The van der Waals surface area contributed by atoms with Crippen LogP contribution in [0.4, 0.5) is 4.39 Å². The Morgan fingerprint density at radius 1 is 0.730 bits per heavy atom. The van der Waals surface area contributed by atoms with Gasteiger partial charge in [0, 0.05) is 36.5 Å². The van der Waals surface area contributed by atoms with Gasteiger partial charge in [0.25, 0.3) is 0 Å². The van der Waals surface area contributed by atoms with E-state index < -0.39 is 17.8 Å². The molecule has 7 heteroatoms. The van der Waals surface area contributed by atoms with Crippen molar-refractivity contribution in [2.24, 2.45) is 0 Å². The van der Waals surface area contributed by atoms with Gasteiger partial charge in [-0.05, 0) is 66.4 Å². The van der Waals surface area contributed by atoms with Crippen molar-refractivity contribution in [3.8, 4) is 33.8 Å². The minimum absolute atomic E-state index is 0.194. The molecule has 0 aliphatic rings. The van der Waals surface area contributed by atoms with Crippen molar-refractivity contribution >= 4 is 11.9 Å². The van der Waals surface area contributed by atoms with E-state index in [1.54, 1.807) is 62.4 Å². The first kappa shape index (κ1) is 27.5. The highest BCUT2D eigenvalue weighted by molar-refractivity contribution is 5.89. The number of halogens is 1. The van der Waals surface area contributed by atoms with E-state index in [9.17, 15) is 9.59 Å². The third kappa shape index (κ3) is 6.78. The lowest BCUT2D eigenvalue weighted by Crippen LogP contribution is -2.10. The lowest BCUT2D eigenvalue weighted by atomic mass is 9.95. The summed E-state index contributed by atoms with van der Waals surface area (Å²) in [6, 6.07) is 15.0. The van der Waals surface area contributed by atoms with Gasteiger partial charge in [0.1, 0.15) is 17.3 Å². The minimum Gasteiger partial charge on any atom is -0.423 e. The smallest absolute Gasteiger partial charge is 0.338 e. The SMILES string of the molecule is C=C(C)C(=O)Oc1ccc(-c2ccc(-c3ccc(OC(=O)C(=C)C)c(COC)c3)cc2F)c(COC)c1. The second-order valence-electron chi connectivity index (χ2n) is 8.54. The molecule has 0 aromatic heterocycles. The van der Waals surface area contributed by atoms with Crippen LogP contribution in [0.2, 0.25) is 0 Å². The first-order valence-electron chi connectivity index (χ1n) is 11.4. The second-order valence-corrected chi connectivity index (χ2v) is 8.54. The van der Waals surface area contributed by atoms with Gasteiger partial charge in [-0.15, -0.1) is 0 Å². The summed E-state index contributed by atoms with van der Waals surface area (Å²) in [5, 5.41) is 0. The standard InChI is InChI=1S/C30H29FO6/c1-18(2)29(32)36-24-9-11-25(22(14-24)16-34-5)26-10-7-21(15-27(26)31)20-8-12-28(23(13-20)17-35-6)37-30(33)19(3)4/h7-15H,1,3,16-17H2,2,4-6H3.